The van der Waals surface area contributed by atoms with E-state index in [0.717, 1.165) is 36.1 Å². The second-order valence-electron chi connectivity index (χ2n) is 5.63. The van der Waals surface area contributed by atoms with E-state index in [0.29, 0.717) is 6.61 Å². The molecular weight excluding hydrogens is 264 g/mol. The van der Waals surface area contributed by atoms with Crippen molar-refractivity contribution in [3.63, 3.8) is 0 Å². The van der Waals surface area contributed by atoms with Crippen molar-refractivity contribution in [2.45, 2.75) is 46.0 Å². The smallest absolute Gasteiger partial charge is 0.313 e. The Hall–Kier alpha value is -1.77. The van der Waals surface area contributed by atoms with Gasteiger partial charge in [0, 0.05) is 0 Å². The first kappa shape index (κ1) is 15.6. The Balaban J connectivity index is 2.50. The summed E-state index contributed by atoms with van der Waals surface area (Å²) in [6.07, 6.45) is 4.81. The van der Waals surface area contributed by atoms with E-state index in [1.54, 1.807) is 7.11 Å². The summed E-state index contributed by atoms with van der Waals surface area (Å²) in [4.78, 5) is 12.3. The molecule has 0 aliphatic heterocycles. The molecule has 114 valence electrons. The molecule has 1 atom stereocenters. The van der Waals surface area contributed by atoms with E-state index in [2.05, 4.69) is 19.1 Å². The molecule has 21 heavy (non-hydrogen) atoms. The van der Waals surface area contributed by atoms with Crippen LogP contribution in [-0.2, 0) is 16.0 Å². The lowest BCUT2D eigenvalue weighted by atomic mass is 9.84. The molecule has 0 spiro atoms. The fourth-order valence-electron chi connectivity index (χ4n) is 2.97. The molecule has 0 aromatic heterocycles. The quantitative estimate of drug-likeness (QED) is 0.624. The van der Waals surface area contributed by atoms with Gasteiger partial charge in [-0.2, -0.15) is 0 Å². The number of hydrogen-bond donors (Lipinski definition) is 0. The Kier molecular flexibility index (Phi) is 5.05. The van der Waals surface area contributed by atoms with Gasteiger partial charge in [0.05, 0.1) is 19.6 Å². The maximum Gasteiger partial charge on any atom is 0.313 e. The predicted octanol–water partition coefficient (Wildman–Crippen LogP) is 3.93. The van der Waals surface area contributed by atoms with Crippen LogP contribution in [0, 0.1) is 6.92 Å². The molecule has 0 saturated carbocycles. The van der Waals surface area contributed by atoms with Gasteiger partial charge in [-0.25, -0.2) is 0 Å². The lowest BCUT2D eigenvalue weighted by Crippen LogP contribution is -2.19. The Morgan fingerprint density at radius 3 is 2.76 bits per heavy atom. The van der Waals surface area contributed by atoms with Crippen molar-refractivity contribution in [2.75, 3.05) is 13.7 Å². The second-order valence-corrected chi connectivity index (χ2v) is 5.63. The van der Waals surface area contributed by atoms with E-state index >= 15 is 0 Å². The highest BCUT2D eigenvalue weighted by Crippen LogP contribution is 2.34. The molecule has 2 rings (SSSR count). The summed E-state index contributed by atoms with van der Waals surface area (Å²) >= 11 is 0. The van der Waals surface area contributed by atoms with Gasteiger partial charge in [0.1, 0.15) is 5.75 Å². The fraction of sp³-hybridized carbons (Fsp3) is 0.500. The van der Waals surface area contributed by atoms with Crippen molar-refractivity contribution in [3.8, 4) is 5.75 Å². The Bertz CT molecular complexity index is 558. The molecule has 0 saturated heterocycles. The van der Waals surface area contributed by atoms with Gasteiger partial charge in [0.25, 0.3) is 0 Å². The highest BCUT2D eigenvalue weighted by Gasteiger charge is 2.26. The van der Waals surface area contributed by atoms with Crippen LogP contribution in [0.2, 0.25) is 0 Å². The van der Waals surface area contributed by atoms with E-state index in [1.165, 1.54) is 11.1 Å². The number of carbonyl (C=O) groups excluding carboxylic acids is 1. The number of esters is 1. The molecule has 1 aromatic carbocycles. The second kappa shape index (κ2) is 6.79. The molecular formula is C18H24O3. The summed E-state index contributed by atoms with van der Waals surface area (Å²) < 4.78 is 10.7. The van der Waals surface area contributed by atoms with Gasteiger partial charge in [-0.05, 0) is 62.8 Å². The zero-order chi connectivity index (χ0) is 15.4. The molecule has 0 bridgehead atoms. The number of hydrogen-bond acceptors (Lipinski definition) is 3. The van der Waals surface area contributed by atoms with Gasteiger partial charge in [0.15, 0.2) is 0 Å². The van der Waals surface area contributed by atoms with E-state index in [9.17, 15) is 4.79 Å². The number of aryl methyl sites for hydroxylation is 1. The van der Waals surface area contributed by atoms with Gasteiger partial charge < -0.3 is 9.47 Å². The molecule has 1 aliphatic carbocycles. The monoisotopic (exact) mass is 288 g/mol. The lowest BCUT2D eigenvalue weighted by Gasteiger charge is -2.23. The van der Waals surface area contributed by atoms with Crippen LogP contribution in [0.3, 0.4) is 0 Å². The maximum atomic E-state index is 12.3. The third kappa shape index (κ3) is 3.46. The van der Waals surface area contributed by atoms with E-state index in [4.69, 9.17) is 9.47 Å². The van der Waals surface area contributed by atoms with Crippen LogP contribution in [-0.4, -0.2) is 19.7 Å². The molecule has 0 N–H and O–H groups in total. The maximum absolute atomic E-state index is 12.3. The van der Waals surface area contributed by atoms with E-state index in [-0.39, 0.29) is 11.9 Å². The normalized spacial score (nSPS) is 20.6. The zero-order valence-electron chi connectivity index (χ0n) is 13.4. The summed E-state index contributed by atoms with van der Waals surface area (Å²) in [7, 11) is 1.67. The first-order chi connectivity index (χ1) is 10.1. The topological polar surface area (TPSA) is 35.5 Å². The lowest BCUT2D eigenvalue weighted by molar-refractivity contribution is -0.145. The summed E-state index contributed by atoms with van der Waals surface area (Å²) in [5, 5.41) is 0. The average molecular weight is 288 g/mol. The molecule has 0 fully saturated rings. The number of ether oxygens (including phenoxy) is 2. The number of carbonyl (C=O) groups is 1. The van der Waals surface area contributed by atoms with Gasteiger partial charge >= 0.3 is 5.97 Å². The standard InChI is InChI=1S/C18H24O3/c1-5-21-18(19)15-8-6-7-12(2)9-14-10-13(3)17(20-4)11-16(14)15/h7,10-11,15H,5-6,8-9H2,1-4H3/b12-7-. The predicted molar refractivity (Wildman–Crippen MR) is 83.8 cm³/mol. The zero-order valence-corrected chi connectivity index (χ0v) is 13.4. The number of allylic oxidation sites excluding steroid dienone is 2. The molecule has 0 radical (unpaired) electrons. The van der Waals surface area contributed by atoms with E-state index in [1.807, 2.05) is 19.9 Å². The first-order valence-corrected chi connectivity index (χ1v) is 7.56. The van der Waals surface area contributed by atoms with Crippen molar-refractivity contribution in [2.24, 2.45) is 0 Å². The average Bonchev–Trinajstić information content (AvgIpc) is 2.43. The van der Waals surface area contributed by atoms with Crippen LogP contribution in [0.15, 0.2) is 23.8 Å². The Labute approximate surface area is 127 Å². The van der Waals surface area contributed by atoms with Gasteiger partial charge in [-0.15, -0.1) is 0 Å². The SMILES string of the molecule is CCOC(=O)C1CC/C=C(/C)Cc2cc(C)c(OC)cc21. The Morgan fingerprint density at radius 1 is 1.33 bits per heavy atom. The number of methoxy groups -OCH3 is 1. The van der Waals surface area contributed by atoms with Gasteiger partial charge in [0.2, 0.25) is 0 Å². The third-order valence-corrected chi connectivity index (χ3v) is 4.02. The third-order valence-electron chi connectivity index (χ3n) is 4.02. The largest absolute Gasteiger partial charge is 0.496 e. The summed E-state index contributed by atoms with van der Waals surface area (Å²) in [5.41, 5.74) is 4.72. The molecule has 0 heterocycles. The van der Waals surface area contributed by atoms with Crippen molar-refractivity contribution in [3.05, 3.63) is 40.5 Å². The first-order valence-electron chi connectivity index (χ1n) is 7.56. The minimum atomic E-state index is -0.196. The minimum Gasteiger partial charge on any atom is -0.496 e. The van der Waals surface area contributed by atoms with Crippen molar-refractivity contribution in [1.82, 2.24) is 0 Å². The van der Waals surface area contributed by atoms with Crippen LogP contribution in [0.4, 0.5) is 0 Å². The van der Waals surface area contributed by atoms with Gasteiger partial charge in [-0.1, -0.05) is 17.7 Å². The highest BCUT2D eigenvalue weighted by atomic mass is 16.5. The van der Waals surface area contributed by atoms with Crippen LogP contribution in [0.1, 0.15) is 49.3 Å². The molecule has 1 unspecified atom stereocenters. The van der Waals surface area contributed by atoms with Crippen LogP contribution in [0.25, 0.3) is 0 Å². The van der Waals surface area contributed by atoms with E-state index < -0.39 is 0 Å². The summed E-state index contributed by atoms with van der Waals surface area (Å²) in [6, 6.07) is 4.16. The minimum absolute atomic E-state index is 0.127. The van der Waals surface area contributed by atoms with Gasteiger partial charge in [-0.3, -0.25) is 4.79 Å². The molecule has 1 aromatic rings. The molecule has 3 nitrogen and oxygen atoms in total. The molecule has 0 amide bonds. The van der Waals surface area contributed by atoms with Crippen LogP contribution in [0.5, 0.6) is 5.75 Å². The number of fused-ring (bicyclic) bond motifs is 1. The number of benzene rings is 1. The molecule has 3 heteroatoms. The van der Waals surface area contributed by atoms with Crippen LogP contribution < -0.4 is 4.74 Å². The summed E-state index contributed by atoms with van der Waals surface area (Å²) in [6.45, 7) is 6.45. The Morgan fingerprint density at radius 2 is 2.10 bits per heavy atom. The van der Waals surface area contributed by atoms with Crippen LogP contribution >= 0.6 is 0 Å². The van der Waals surface area contributed by atoms with Crippen molar-refractivity contribution >= 4 is 5.97 Å². The fourth-order valence-corrected chi connectivity index (χ4v) is 2.97. The number of rotatable bonds is 3. The summed E-state index contributed by atoms with van der Waals surface area (Å²) in [5.74, 6) is 0.515. The van der Waals surface area contributed by atoms with Crippen molar-refractivity contribution in [1.29, 1.82) is 0 Å². The molecule has 1 aliphatic rings. The highest BCUT2D eigenvalue weighted by molar-refractivity contribution is 5.79. The van der Waals surface area contributed by atoms with Crippen molar-refractivity contribution < 1.29 is 14.3 Å².